The summed E-state index contributed by atoms with van der Waals surface area (Å²) in [7, 11) is 0. The van der Waals surface area contributed by atoms with Crippen LogP contribution in [0.3, 0.4) is 0 Å². The Morgan fingerprint density at radius 2 is 1.75 bits per heavy atom. The number of carbonyl (C=O) groups excluding carboxylic acids is 2. The highest BCUT2D eigenvalue weighted by molar-refractivity contribution is 7.99. The zero-order valence-corrected chi connectivity index (χ0v) is 12.3. The molecule has 0 heterocycles. The average Bonchev–Trinajstić information content (AvgIpc) is 2.61. The van der Waals surface area contributed by atoms with Gasteiger partial charge in [-0.25, -0.2) is 4.79 Å². The van der Waals surface area contributed by atoms with Crippen molar-refractivity contribution in [1.29, 1.82) is 0 Å². The molecule has 0 atom stereocenters. The maximum absolute atomic E-state index is 11.9. The van der Waals surface area contributed by atoms with Gasteiger partial charge in [-0.15, -0.1) is 0 Å². The minimum Gasteiger partial charge on any atom is -0.480 e. The summed E-state index contributed by atoms with van der Waals surface area (Å²) in [5.41, 5.74) is 3.89. The molecule has 1 aliphatic rings. The first-order chi connectivity index (χ1) is 9.46. The van der Waals surface area contributed by atoms with Crippen LogP contribution in [0, 0.1) is 0 Å². The number of carbonyl (C=O) groups is 3. The third-order valence-electron chi connectivity index (χ3n) is 3.46. The van der Waals surface area contributed by atoms with E-state index in [1.807, 2.05) is 0 Å². The van der Waals surface area contributed by atoms with E-state index in [2.05, 4.69) is 5.32 Å². The van der Waals surface area contributed by atoms with Gasteiger partial charge in [0.25, 0.3) is 0 Å². The minimum atomic E-state index is -1.11. The maximum atomic E-state index is 11.9. The van der Waals surface area contributed by atoms with Gasteiger partial charge in [0, 0.05) is 12.2 Å². The van der Waals surface area contributed by atoms with Gasteiger partial charge >= 0.3 is 5.97 Å². The second-order valence-electron chi connectivity index (χ2n) is 5.12. The number of hydrogen-bond acceptors (Lipinski definition) is 4. The molecule has 0 bridgehead atoms. The van der Waals surface area contributed by atoms with Gasteiger partial charge in [0.1, 0.15) is 5.54 Å². The Morgan fingerprint density at radius 1 is 1.15 bits per heavy atom. The van der Waals surface area contributed by atoms with Crippen molar-refractivity contribution in [2.75, 3.05) is 11.5 Å². The first-order valence-electron chi connectivity index (χ1n) is 6.87. The van der Waals surface area contributed by atoms with Crippen molar-refractivity contribution in [3.8, 4) is 0 Å². The number of carboxylic acid groups (broad SMARTS) is 1. The fourth-order valence-electron chi connectivity index (χ4n) is 2.39. The summed E-state index contributed by atoms with van der Waals surface area (Å²) in [4.78, 5) is 33.9. The molecule has 1 aliphatic carbocycles. The van der Waals surface area contributed by atoms with Crippen molar-refractivity contribution in [2.24, 2.45) is 5.73 Å². The number of nitrogens with one attached hydrogen (secondary N) is 1. The fraction of sp³-hybridized carbons (Fsp3) is 0.769. The Labute approximate surface area is 122 Å². The van der Waals surface area contributed by atoms with Crippen LogP contribution in [-0.4, -0.2) is 39.9 Å². The Hall–Kier alpha value is -1.24. The summed E-state index contributed by atoms with van der Waals surface area (Å²) in [6.07, 6.45) is 4.85. The third-order valence-corrected chi connectivity index (χ3v) is 4.44. The fourth-order valence-corrected chi connectivity index (χ4v) is 3.07. The lowest BCUT2D eigenvalue weighted by atomic mass is 9.90. The maximum Gasteiger partial charge on any atom is 0.329 e. The lowest BCUT2D eigenvalue weighted by Crippen LogP contribution is -2.54. The molecule has 114 valence electrons. The van der Waals surface area contributed by atoms with Gasteiger partial charge in [0.15, 0.2) is 0 Å². The molecule has 0 spiro atoms. The number of nitrogens with two attached hydrogens (primary N) is 1. The minimum absolute atomic E-state index is 0.178. The van der Waals surface area contributed by atoms with E-state index in [1.54, 1.807) is 0 Å². The summed E-state index contributed by atoms with van der Waals surface area (Å²) >= 11 is 1.28. The molecule has 20 heavy (non-hydrogen) atoms. The van der Waals surface area contributed by atoms with Crippen LogP contribution < -0.4 is 11.1 Å². The number of rotatable bonds is 7. The molecule has 1 rings (SSSR count). The summed E-state index contributed by atoms with van der Waals surface area (Å²) in [6.45, 7) is 0. The molecule has 0 aromatic carbocycles. The van der Waals surface area contributed by atoms with Gasteiger partial charge in [0.2, 0.25) is 11.8 Å². The molecular weight excluding hydrogens is 280 g/mol. The number of thioether (sulfide) groups is 1. The van der Waals surface area contributed by atoms with Crippen molar-refractivity contribution in [1.82, 2.24) is 5.32 Å². The molecule has 0 aliphatic heterocycles. The smallest absolute Gasteiger partial charge is 0.329 e. The second-order valence-corrected chi connectivity index (χ2v) is 6.22. The zero-order valence-electron chi connectivity index (χ0n) is 11.5. The van der Waals surface area contributed by atoms with Gasteiger partial charge in [0.05, 0.1) is 5.75 Å². The number of primary amides is 1. The standard InChI is InChI=1S/C13H22N2O4S/c14-10(16)9-20-8-5-11(17)15-13(12(18)19)6-3-1-2-4-7-13/h1-9H2,(H2,14,16)(H,15,17)(H,18,19). The molecule has 2 amide bonds. The highest BCUT2D eigenvalue weighted by Crippen LogP contribution is 2.27. The van der Waals surface area contributed by atoms with E-state index in [4.69, 9.17) is 5.73 Å². The lowest BCUT2D eigenvalue weighted by Gasteiger charge is -2.29. The molecule has 0 saturated heterocycles. The van der Waals surface area contributed by atoms with Crippen LogP contribution in [0.25, 0.3) is 0 Å². The van der Waals surface area contributed by atoms with Crippen LogP contribution in [0.1, 0.15) is 44.9 Å². The van der Waals surface area contributed by atoms with Crippen LogP contribution in [0.2, 0.25) is 0 Å². The Kier molecular flexibility index (Phi) is 6.84. The van der Waals surface area contributed by atoms with Gasteiger partial charge < -0.3 is 16.2 Å². The molecule has 0 aromatic rings. The molecule has 0 radical (unpaired) electrons. The van der Waals surface area contributed by atoms with Gasteiger partial charge in [-0.1, -0.05) is 25.7 Å². The molecule has 4 N–H and O–H groups in total. The summed E-state index contributed by atoms with van der Waals surface area (Å²) in [5.74, 6) is -0.994. The largest absolute Gasteiger partial charge is 0.480 e. The van der Waals surface area contributed by atoms with Crippen LogP contribution in [0.4, 0.5) is 0 Å². The van der Waals surface area contributed by atoms with E-state index in [1.165, 1.54) is 11.8 Å². The molecular formula is C13H22N2O4S. The number of aliphatic carboxylic acids is 1. The van der Waals surface area contributed by atoms with E-state index in [-0.39, 0.29) is 18.1 Å². The molecule has 1 fully saturated rings. The van der Waals surface area contributed by atoms with Gasteiger partial charge in [-0.05, 0) is 12.8 Å². The van der Waals surface area contributed by atoms with Crippen molar-refractivity contribution >= 4 is 29.5 Å². The van der Waals surface area contributed by atoms with Crippen molar-refractivity contribution < 1.29 is 19.5 Å². The average molecular weight is 302 g/mol. The van der Waals surface area contributed by atoms with E-state index >= 15 is 0 Å². The van der Waals surface area contributed by atoms with Crippen LogP contribution in [-0.2, 0) is 14.4 Å². The third kappa shape index (κ3) is 5.40. The molecule has 6 nitrogen and oxygen atoms in total. The zero-order chi connectivity index (χ0) is 15.0. The quantitative estimate of drug-likeness (QED) is 0.478. The van der Waals surface area contributed by atoms with Crippen LogP contribution >= 0.6 is 11.8 Å². The number of amides is 2. The second kappa shape index (κ2) is 8.14. The first kappa shape index (κ1) is 16.8. The van der Waals surface area contributed by atoms with Gasteiger partial charge in [-0.3, -0.25) is 9.59 Å². The van der Waals surface area contributed by atoms with E-state index in [0.29, 0.717) is 18.6 Å². The lowest BCUT2D eigenvalue weighted by molar-refractivity contribution is -0.148. The van der Waals surface area contributed by atoms with E-state index in [0.717, 1.165) is 25.7 Å². The highest BCUT2D eigenvalue weighted by atomic mass is 32.2. The molecule has 0 aromatic heterocycles. The van der Waals surface area contributed by atoms with Crippen LogP contribution in [0.15, 0.2) is 0 Å². The highest BCUT2D eigenvalue weighted by Gasteiger charge is 2.39. The predicted molar refractivity (Wildman–Crippen MR) is 77.3 cm³/mol. The Balaban J connectivity index is 2.46. The van der Waals surface area contributed by atoms with Gasteiger partial charge in [-0.2, -0.15) is 11.8 Å². The summed E-state index contributed by atoms with van der Waals surface area (Å²) in [5, 5.41) is 12.1. The first-order valence-corrected chi connectivity index (χ1v) is 8.02. The molecule has 0 unspecified atom stereocenters. The van der Waals surface area contributed by atoms with E-state index < -0.39 is 17.4 Å². The molecule has 1 saturated carbocycles. The Bertz CT molecular complexity index is 365. The predicted octanol–water partition coefficient (Wildman–Crippen LogP) is 0.889. The summed E-state index contributed by atoms with van der Waals surface area (Å²) in [6, 6.07) is 0. The number of hydrogen-bond donors (Lipinski definition) is 3. The van der Waals surface area contributed by atoms with Crippen molar-refractivity contribution in [2.45, 2.75) is 50.5 Å². The monoisotopic (exact) mass is 302 g/mol. The topological polar surface area (TPSA) is 109 Å². The Morgan fingerprint density at radius 3 is 2.25 bits per heavy atom. The van der Waals surface area contributed by atoms with E-state index in [9.17, 15) is 19.5 Å². The van der Waals surface area contributed by atoms with Crippen molar-refractivity contribution in [3.05, 3.63) is 0 Å². The summed E-state index contributed by atoms with van der Waals surface area (Å²) < 4.78 is 0. The normalized spacial score (nSPS) is 18.0. The molecule has 7 heteroatoms. The van der Waals surface area contributed by atoms with Crippen LogP contribution in [0.5, 0.6) is 0 Å². The number of carboxylic acids is 1. The SMILES string of the molecule is NC(=O)CSCCC(=O)NC1(C(=O)O)CCCCCC1. The van der Waals surface area contributed by atoms with Crippen molar-refractivity contribution in [3.63, 3.8) is 0 Å².